The Hall–Kier alpha value is -0.940. The minimum Gasteiger partial charge on any atom is -0.207 e. The molecule has 0 unspecified atom stereocenters. The van der Waals surface area contributed by atoms with Crippen molar-refractivity contribution in [1.82, 2.24) is 0 Å². The molecule has 0 spiro atoms. The van der Waals surface area contributed by atoms with Gasteiger partial charge in [-0.05, 0) is 42.0 Å². The van der Waals surface area contributed by atoms with E-state index in [4.69, 9.17) is 0 Å². The van der Waals surface area contributed by atoms with Crippen LogP contribution in [0.25, 0.3) is 0 Å². The van der Waals surface area contributed by atoms with Gasteiger partial charge in [-0.3, -0.25) is 0 Å². The first-order chi connectivity index (χ1) is 8.54. The molecule has 0 aliphatic rings. The van der Waals surface area contributed by atoms with Crippen LogP contribution in [-0.4, -0.2) is 0 Å². The Morgan fingerprint density at radius 2 is 1.72 bits per heavy atom. The second kappa shape index (κ2) is 5.80. The van der Waals surface area contributed by atoms with Crippen molar-refractivity contribution in [2.24, 2.45) is 0 Å². The Morgan fingerprint density at radius 1 is 0.944 bits per heavy atom. The molecule has 0 N–H and O–H groups in total. The molecule has 0 aromatic heterocycles. The van der Waals surface area contributed by atoms with Gasteiger partial charge >= 0.3 is 0 Å². The van der Waals surface area contributed by atoms with Crippen LogP contribution in [0, 0.1) is 17.5 Å². The van der Waals surface area contributed by atoms with Crippen molar-refractivity contribution in [1.29, 1.82) is 0 Å². The summed E-state index contributed by atoms with van der Waals surface area (Å²) in [5.74, 6) is -0.951. The fourth-order valence-electron chi connectivity index (χ4n) is 1.44. The Balaban J connectivity index is 2.13. The molecule has 0 saturated carbocycles. The molecule has 0 aliphatic heterocycles. The van der Waals surface area contributed by atoms with Gasteiger partial charge in [0.2, 0.25) is 0 Å². The van der Waals surface area contributed by atoms with Crippen molar-refractivity contribution in [3.63, 3.8) is 0 Å². The number of thioether (sulfide) groups is 1. The highest BCUT2D eigenvalue weighted by Gasteiger charge is 2.06. The van der Waals surface area contributed by atoms with Crippen molar-refractivity contribution < 1.29 is 13.2 Å². The van der Waals surface area contributed by atoms with E-state index in [1.807, 2.05) is 0 Å². The van der Waals surface area contributed by atoms with Crippen molar-refractivity contribution in [3.8, 4) is 0 Å². The molecule has 0 atom stereocenters. The lowest BCUT2D eigenvalue weighted by atomic mass is 10.2. The van der Waals surface area contributed by atoms with E-state index in [0.29, 0.717) is 15.8 Å². The summed E-state index contributed by atoms with van der Waals surface area (Å²) in [4.78, 5) is 0.218. The molecule has 0 saturated heterocycles. The van der Waals surface area contributed by atoms with Crippen LogP contribution in [0.2, 0.25) is 0 Å². The monoisotopic (exact) mass is 332 g/mol. The highest BCUT2D eigenvalue weighted by Crippen LogP contribution is 2.27. The van der Waals surface area contributed by atoms with E-state index in [0.717, 1.165) is 30.0 Å². The van der Waals surface area contributed by atoms with Crippen LogP contribution in [0.5, 0.6) is 0 Å². The van der Waals surface area contributed by atoms with Crippen LogP contribution in [-0.2, 0) is 5.75 Å². The largest absolute Gasteiger partial charge is 0.207 e. The molecular weight excluding hydrogens is 325 g/mol. The highest BCUT2D eigenvalue weighted by atomic mass is 79.9. The summed E-state index contributed by atoms with van der Waals surface area (Å²) in [6.07, 6.45) is 0. The van der Waals surface area contributed by atoms with Gasteiger partial charge < -0.3 is 0 Å². The van der Waals surface area contributed by atoms with Crippen molar-refractivity contribution in [3.05, 3.63) is 63.9 Å². The zero-order valence-electron chi connectivity index (χ0n) is 9.09. The first kappa shape index (κ1) is 13.5. The number of halogens is 4. The van der Waals surface area contributed by atoms with Gasteiger partial charge in [-0.25, -0.2) is 13.2 Å². The highest BCUT2D eigenvalue weighted by molar-refractivity contribution is 9.10. The van der Waals surface area contributed by atoms with Gasteiger partial charge in [0.15, 0.2) is 0 Å². The van der Waals surface area contributed by atoms with Crippen molar-refractivity contribution in [2.45, 2.75) is 10.6 Å². The molecule has 0 bridgehead atoms. The van der Waals surface area contributed by atoms with Crippen LogP contribution >= 0.6 is 27.7 Å². The van der Waals surface area contributed by atoms with Crippen molar-refractivity contribution in [2.75, 3.05) is 0 Å². The average Bonchev–Trinajstić information content (AvgIpc) is 2.29. The van der Waals surface area contributed by atoms with Gasteiger partial charge in [0.1, 0.15) is 17.5 Å². The molecule has 0 amide bonds. The number of rotatable bonds is 3. The van der Waals surface area contributed by atoms with E-state index in [1.54, 1.807) is 6.07 Å². The van der Waals surface area contributed by atoms with E-state index in [9.17, 15) is 13.2 Å². The van der Waals surface area contributed by atoms with E-state index >= 15 is 0 Å². The molecule has 18 heavy (non-hydrogen) atoms. The molecule has 0 heterocycles. The third kappa shape index (κ3) is 3.53. The van der Waals surface area contributed by atoms with Crippen LogP contribution in [0.1, 0.15) is 5.56 Å². The molecule has 0 fully saturated rings. The van der Waals surface area contributed by atoms with Gasteiger partial charge in [0.05, 0.1) is 0 Å². The third-order valence-corrected chi connectivity index (χ3v) is 3.77. The second-order valence-corrected chi connectivity index (χ2v) is 5.57. The number of hydrogen-bond donors (Lipinski definition) is 0. The molecule has 0 nitrogen and oxygen atoms in total. The fraction of sp³-hybridized carbons (Fsp3) is 0.0769. The number of hydrogen-bond acceptors (Lipinski definition) is 1. The predicted octanol–water partition coefficient (Wildman–Crippen LogP) is 5.16. The average molecular weight is 333 g/mol. The summed E-state index contributed by atoms with van der Waals surface area (Å²) in [6, 6.07) is 7.74. The zero-order chi connectivity index (χ0) is 13.1. The van der Waals surface area contributed by atoms with Gasteiger partial charge in [-0.1, -0.05) is 15.9 Å². The summed E-state index contributed by atoms with van der Waals surface area (Å²) in [6.45, 7) is 0. The SMILES string of the molecule is Fc1cc(Br)cc(CSc2cc(F)ccc2F)c1. The fourth-order valence-corrected chi connectivity index (χ4v) is 2.85. The topological polar surface area (TPSA) is 0 Å². The minimum absolute atomic E-state index is 0.218. The Labute approximate surface area is 115 Å². The van der Waals surface area contributed by atoms with Gasteiger partial charge in [-0.2, -0.15) is 0 Å². The molecule has 2 aromatic rings. The third-order valence-electron chi connectivity index (χ3n) is 2.21. The lowest BCUT2D eigenvalue weighted by molar-refractivity contribution is 0.577. The van der Waals surface area contributed by atoms with Crippen LogP contribution in [0.15, 0.2) is 45.8 Å². The minimum atomic E-state index is -0.487. The Bertz CT molecular complexity index is 552. The maximum atomic E-state index is 13.4. The lowest BCUT2D eigenvalue weighted by Crippen LogP contribution is -1.87. The summed E-state index contributed by atoms with van der Waals surface area (Å²) in [5.41, 5.74) is 0.704. The first-order valence-electron chi connectivity index (χ1n) is 5.07. The van der Waals surface area contributed by atoms with Crippen LogP contribution < -0.4 is 0 Å². The normalized spacial score (nSPS) is 10.7. The number of benzene rings is 2. The van der Waals surface area contributed by atoms with Gasteiger partial charge in [-0.15, -0.1) is 11.8 Å². The van der Waals surface area contributed by atoms with Crippen LogP contribution in [0.3, 0.4) is 0 Å². The van der Waals surface area contributed by atoms with Gasteiger partial charge in [0.25, 0.3) is 0 Å². The quantitative estimate of drug-likeness (QED) is 0.699. The Kier molecular flexibility index (Phi) is 4.35. The van der Waals surface area contributed by atoms with E-state index in [1.165, 1.54) is 12.1 Å². The summed E-state index contributed by atoms with van der Waals surface area (Å²) in [5, 5.41) is 0. The standard InChI is InChI=1S/C13H8BrF3S/c14-9-3-8(4-11(16)5-9)7-18-13-6-10(15)1-2-12(13)17/h1-6H,7H2. The summed E-state index contributed by atoms with van der Waals surface area (Å²) < 4.78 is 40.1. The molecule has 94 valence electrons. The molecule has 0 aliphatic carbocycles. The maximum Gasteiger partial charge on any atom is 0.136 e. The summed E-state index contributed by atoms with van der Waals surface area (Å²) in [7, 11) is 0. The molecule has 2 rings (SSSR count). The lowest BCUT2D eigenvalue weighted by Gasteiger charge is -2.04. The first-order valence-corrected chi connectivity index (χ1v) is 6.85. The summed E-state index contributed by atoms with van der Waals surface area (Å²) >= 11 is 4.31. The molecule has 2 aromatic carbocycles. The van der Waals surface area contributed by atoms with E-state index < -0.39 is 11.6 Å². The smallest absolute Gasteiger partial charge is 0.136 e. The second-order valence-electron chi connectivity index (χ2n) is 3.64. The molecular formula is C13H8BrF3S. The van der Waals surface area contributed by atoms with Crippen molar-refractivity contribution >= 4 is 27.7 Å². The van der Waals surface area contributed by atoms with E-state index in [2.05, 4.69) is 15.9 Å². The van der Waals surface area contributed by atoms with Gasteiger partial charge in [0, 0.05) is 15.1 Å². The zero-order valence-corrected chi connectivity index (χ0v) is 11.5. The molecule has 0 radical (unpaired) electrons. The maximum absolute atomic E-state index is 13.4. The van der Waals surface area contributed by atoms with E-state index in [-0.39, 0.29) is 10.7 Å². The Morgan fingerprint density at radius 3 is 2.44 bits per heavy atom. The predicted molar refractivity (Wildman–Crippen MR) is 70.0 cm³/mol. The molecule has 5 heteroatoms. The van der Waals surface area contributed by atoms with Crippen LogP contribution in [0.4, 0.5) is 13.2 Å².